The molecule has 0 bridgehead atoms. The van der Waals surface area contributed by atoms with E-state index in [1.807, 2.05) is 13.8 Å². The maximum Gasteiger partial charge on any atom is 0.356 e. The Morgan fingerprint density at radius 3 is 2.64 bits per heavy atom. The highest BCUT2D eigenvalue weighted by Crippen LogP contribution is 2.34. The molecule has 1 amide bonds. The first-order valence-corrected chi connectivity index (χ1v) is 8.54. The van der Waals surface area contributed by atoms with Crippen LogP contribution in [0.15, 0.2) is 12.3 Å². The predicted molar refractivity (Wildman–Crippen MR) is 92.2 cm³/mol. The SMILES string of the molecule is CCOC(=O)c1c(NC(=O)Cn2ccc(C(=O)O)n2)sc(C)c1CC. The number of hydrogen-bond donors (Lipinski definition) is 2. The van der Waals surface area contributed by atoms with E-state index in [0.29, 0.717) is 17.0 Å². The van der Waals surface area contributed by atoms with Gasteiger partial charge in [-0.25, -0.2) is 9.59 Å². The lowest BCUT2D eigenvalue weighted by Gasteiger charge is -2.08. The number of carboxylic acid groups (broad SMARTS) is 1. The molecule has 0 spiro atoms. The maximum atomic E-state index is 12.2. The minimum Gasteiger partial charge on any atom is -0.476 e. The maximum absolute atomic E-state index is 12.2. The first-order chi connectivity index (χ1) is 11.9. The molecule has 2 aromatic heterocycles. The second kappa shape index (κ2) is 7.93. The summed E-state index contributed by atoms with van der Waals surface area (Å²) in [5.74, 6) is -2.04. The van der Waals surface area contributed by atoms with E-state index in [2.05, 4.69) is 10.4 Å². The second-order valence-electron chi connectivity index (χ2n) is 5.17. The van der Waals surface area contributed by atoms with E-state index in [1.165, 1.54) is 28.3 Å². The second-order valence-corrected chi connectivity index (χ2v) is 6.39. The zero-order valence-corrected chi connectivity index (χ0v) is 15.0. The van der Waals surface area contributed by atoms with Crippen LogP contribution in [0.3, 0.4) is 0 Å². The largest absolute Gasteiger partial charge is 0.476 e. The van der Waals surface area contributed by atoms with Gasteiger partial charge in [0.25, 0.3) is 0 Å². The Labute approximate surface area is 148 Å². The van der Waals surface area contributed by atoms with Crippen molar-refractivity contribution in [1.29, 1.82) is 0 Å². The van der Waals surface area contributed by atoms with Gasteiger partial charge in [0.2, 0.25) is 5.91 Å². The van der Waals surface area contributed by atoms with Gasteiger partial charge < -0.3 is 15.2 Å². The van der Waals surface area contributed by atoms with E-state index in [4.69, 9.17) is 9.84 Å². The summed E-state index contributed by atoms with van der Waals surface area (Å²) >= 11 is 1.31. The minimum absolute atomic E-state index is 0.139. The molecule has 0 aliphatic rings. The van der Waals surface area contributed by atoms with E-state index in [1.54, 1.807) is 6.92 Å². The summed E-state index contributed by atoms with van der Waals surface area (Å²) < 4.78 is 6.31. The first kappa shape index (κ1) is 18.7. The molecule has 2 rings (SSSR count). The van der Waals surface area contributed by atoms with Gasteiger partial charge in [-0.2, -0.15) is 5.10 Å². The van der Waals surface area contributed by atoms with Gasteiger partial charge in [0.15, 0.2) is 5.69 Å². The summed E-state index contributed by atoms with van der Waals surface area (Å²) in [6.07, 6.45) is 2.06. The number of esters is 1. The van der Waals surface area contributed by atoms with Crippen LogP contribution in [0.1, 0.15) is 45.1 Å². The van der Waals surface area contributed by atoms with Crippen molar-refractivity contribution >= 4 is 34.2 Å². The Balaban J connectivity index is 2.19. The normalized spacial score (nSPS) is 10.5. The molecule has 2 aromatic rings. The highest BCUT2D eigenvalue weighted by atomic mass is 32.1. The van der Waals surface area contributed by atoms with Crippen LogP contribution in [0.25, 0.3) is 0 Å². The number of aromatic carboxylic acids is 1. The van der Waals surface area contributed by atoms with E-state index >= 15 is 0 Å². The summed E-state index contributed by atoms with van der Waals surface area (Å²) in [5.41, 5.74) is 1.10. The van der Waals surface area contributed by atoms with Crippen LogP contribution in [-0.4, -0.2) is 39.3 Å². The summed E-state index contributed by atoms with van der Waals surface area (Å²) in [5, 5.41) is 15.8. The molecule has 2 heterocycles. The van der Waals surface area contributed by atoms with Crippen LogP contribution in [0.4, 0.5) is 5.00 Å². The fourth-order valence-corrected chi connectivity index (χ4v) is 3.54. The number of hydrogen-bond acceptors (Lipinski definition) is 6. The van der Waals surface area contributed by atoms with Gasteiger partial charge >= 0.3 is 11.9 Å². The van der Waals surface area contributed by atoms with Crippen molar-refractivity contribution in [2.75, 3.05) is 11.9 Å². The Bertz CT molecular complexity index is 809. The number of aryl methyl sites for hydroxylation is 1. The van der Waals surface area contributed by atoms with Crippen molar-refractivity contribution in [2.45, 2.75) is 33.7 Å². The van der Waals surface area contributed by atoms with Gasteiger partial charge in [0, 0.05) is 11.1 Å². The summed E-state index contributed by atoms with van der Waals surface area (Å²) in [6.45, 7) is 5.62. The van der Waals surface area contributed by atoms with Gasteiger partial charge in [-0.05, 0) is 31.9 Å². The lowest BCUT2D eigenvalue weighted by Crippen LogP contribution is -2.20. The molecular formula is C16H19N3O5S. The number of nitrogens with zero attached hydrogens (tertiary/aromatic N) is 2. The molecule has 0 fully saturated rings. The topological polar surface area (TPSA) is 111 Å². The monoisotopic (exact) mass is 365 g/mol. The van der Waals surface area contributed by atoms with Crippen molar-refractivity contribution < 1.29 is 24.2 Å². The van der Waals surface area contributed by atoms with Gasteiger partial charge in [-0.15, -0.1) is 11.3 Å². The average molecular weight is 365 g/mol. The summed E-state index contributed by atoms with van der Waals surface area (Å²) in [4.78, 5) is 36.2. The van der Waals surface area contributed by atoms with E-state index in [0.717, 1.165) is 10.4 Å². The number of carbonyl (C=O) groups excluding carboxylic acids is 2. The number of thiophene rings is 1. The molecule has 8 nitrogen and oxygen atoms in total. The number of carbonyl (C=O) groups is 3. The fourth-order valence-electron chi connectivity index (χ4n) is 2.39. The van der Waals surface area contributed by atoms with Crippen molar-refractivity contribution in [3.05, 3.63) is 34.0 Å². The molecule has 0 saturated carbocycles. The third-order valence-corrected chi connectivity index (χ3v) is 4.52. The standard InChI is InChI=1S/C16H19N3O5S/c1-4-10-9(3)25-14(13(10)16(23)24-5-2)17-12(20)8-19-7-6-11(18-19)15(21)22/h6-7H,4-5,8H2,1-3H3,(H,17,20)(H,21,22). The van der Waals surface area contributed by atoms with Crippen LogP contribution in [0.2, 0.25) is 0 Å². The molecule has 0 saturated heterocycles. The number of ether oxygens (including phenoxy) is 1. The fraction of sp³-hybridized carbons (Fsp3) is 0.375. The van der Waals surface area contributed by atoms with Crippen molar-refractivity contribution in [3.8, 4) is 0 Å². The molecule has 0 aliphatic carbocycles. The zero-order valence-electron chi connectivity index (χ0n) is 14.2. The first-order valence-electron chi connectivity index (χ1n) is 7.73. The number of carboxylic acids is 1. The lowest BCUT2D eigenvalue weighted by molar-refractivity contribution is -0.116. The molecule has 0 aliphatic heterocycles. The zero-order chi connectivity index (χ0) is 18.6. The quantitative estimate of drug-likeness (QED) is 0.729. The number of rotatable bonds is 7. The van der Waals surface area contributed by atoms with Crippen LogP contribution in [0.5, 0.6) is 0 Å². The highest BCUT2D eigenvalue weighted by Gasteiger charge is 2.23. The number of aromatic nitrogens is 2. The Hall–Kier alpha value is -2.68. The van der Waals surface area contributed by atoms with Gasteiger partial charge in [-0.3, -0.25) is 9.48 Å². The van der Waals surface area contributed by atoms with Crippen molar-refractivity contribution in [3.63, 3.8) is 0 Å². The minimum atomic E-state index is -1.16. The van der Waals surface area contributed by atoms with Crippen LogP contribution < -0.4 is 5.32 Å². The molecule has 0 radical (unpaired) electrons. The number of amides is 1. The summed E-state index contributed by atoms with van der Waals surface area (Å²) in [6, 6.07) is 1.31. The van der Waals surface area contributed by atoms with E-state index in [-0.39, 0.29) is 18.8 Å². The third kappa shape index (κ3) is 4.24. The van der Waals surface area contributed by atoms with Crippen molar-refractivity contribution in [1.82, 2.24) is 9.78 Å². The molecule has 2 N–H and O–H groups in total. The summed E-state index contributed by atoms with van der Waals surface area (Å²) in [7, 11) is 0. The smallest absolute Gasteiger partial charge is 0.356 e. The molecular weight excluding hydrogens is 346 g/mol. The molecule has 134 valence electrons. The number of nitrogens with one attached hydrogen (secondary N) is 1. The predicted octanol–water partition coefficient (Wildman–Crippen LogP) is 2.33. The average Bonchev–Trinajstić information content (AvgIpc) is 3.11. The highest BCUT2D eigenvalue weighted by molar-refractivity contribution is 7.16. The van der Waals surface area contributed by atoms with Gasteiger partial charge in [0.05, 0.1) is 12.2 Å². The van der Waals surface area contributed by atoms with E-state index in [9.17, 15) is 14.4 Å². The van der Waals surface area contributed by atoms with Crippen molar-refractivity contribution in [2.24, 2.45) is 0 Å². The Kier molecular flexibility index (Phi) is 5.92. The molecule has 0 unspecified atom stereocenters. The van der Waals surface area contributed by atoms with E-state index < -0.39 is 17.8 Å². The third-order valence-electron chi connectivity index (χ3n) is 3.46. The Morgan fingerprint density at radius 1 is 1.36 bits per heavy atom. The Morgan fingerprint density at radius 2 is 2.08 bits per heavy atom. The van der Waals surface area contributed by atoms with Crippen LogP contribution >= 0.6 is 11.3 Å². The molecule has 9 heteroatoms. The molecule has 0 aromatic carbocycles. The number of anilines is 1. The molecule has 0 atom stereocenters. The van der Waals surface area contributed by atoms with Gasteiger partial charge in [-0.1, -0.05) is 6.92 Å². The lowest BCUT2D eigenvalue weighted by atomic mass is 10.1. The van der Waals surface area contributed by atoms with Crippen LogP contribution in [0, 0.1) is 6.92 Å². The molecule has 25 heavy (non-hydrogen) atoms. The van der Waals surface area contributed by atoms with Crippen LogP contribution in [-0.2, 0) is 22.5 Å². The van der Waals surface area contributed by atoms with Gasteiger partial charge in [0.1, 0.15) is 11.5 Å².